The molecule has 0 bridgehead atoms. The van der Waals surface area contributed by atoms with Crippen LogP contribution in [0.25, 0.3) is 0 Å². The van der Waals surface area contributed by atoms with Crippen LogP contribution in [-0.2, 0) is 9.53 Å². The van der Waals surface area contributed by atoms with E-state index in [0.717, 1.165) is 0 Å². The van der Waals surface area contributed by atoms with Gasteiger partial charge >= 0.3 is 5.97 Å². The van der Waals surface area contributed by atoms with Crippen LogP contribution in [0.15, 0.2) is 48.5 Å². The van der Waals surface area contributed by atoms with Crippen LogP contribution < -0.4 is 0 Å². The lowest BCUT2D eigenvalue weighted by molar-refractivity contribution is -0.148. The van der Waals surface area contributed by atoms with Crippen molar-refractivity contribution >= 4 is 23.5 Å². The van der Waals surface area contributed by atoms with Crippen molar-refractivity contribution < 1.29 is 18.7 Å². The molecule has 0 unspecified atom stereocenters. The van der Waals surface area contributed by atoms with Gasteiger partial charge in [-0.2, -0.15) is 0 Å². The molecular weight excluding hydrogens is 371 g/mol. The van der Waals surface area contributed by atoms with Gasteiger partial charge in [-0.3, -0.25) is 9.69 Å². The Labute approximate surface area is 162 Å². The molecule has 142 valence electrons. The number of nitrogens with zero attached hydrogens (tertiary/aromatic N) is 2. The lowest BCUT2D eigenvalue weighted by Gasteiger charge is -2.38. The van der Waals surface area contributed by atoms with Crippen molar-refractivity contribution in [3.8, 4) is 0 Å². The first-order valence-electron chi connectivity index (χ1n) is 8.62. The molecule has 1 atom stereocenters. The van der Waals surface area contributed by atoms with Crippen molar-refractivity contribution in [2.45, 2.75) is 6.04 Å². The van der Waals surface area contributed by atoms with Crippen molar-refractivity contribution in [3.05, 3.63) is 70.5 Å². The summed E-state index contributed by atoms with van der Waals surface area (Å²) in [5.74, 6) is -0.916. The quantitative estimate of drug-likeness (QED) is 0.752. The van der Waals surface area contributed by atoms with Crippen LogP contribution in [0.4, 0.5) is 4.39 Å². The minimum Gasteiger partial charge on any atom is -0.468 e. The van der Waals surface area contributed by atoms with Crippen LogP contribution in [0.5, 0.6) is 0 Å². The van der Waals surface area contributed by atoms with E-state index in [-0.39, 0.29) is 17.7 Å². The summed E-state index contributed by atoms with van der Waals surface area (Å²) in [4.78, 5) is 28.6. The van der Waals surface area contributed by atoms with Crippen LogP contribution in [0, 0.1) is 5.82 Å². The third kappa shape index (κ3) is 4.28. The first-order chi connectivity index (χ1) is 13.0. The van der Waals surface area contributed by atoms with Gasteiger partial charge in [0.2, 0.25) is 0 Å². The van der Waals surface area contributed by atoms with Gasteiger partial charge in [-0.1, -0.05) is 29.8 Å². The van der Waals surface area contributed by atoms with E-state index < -0.39 is 6.04 Å². The highest BCUT2D eigenvalue weighted by Gasteiger charge is 2.33. The molecule has 0 aliphatic carbocycles. The maximum absolute atomic E-state index is 13.0. The second-order valence-electron chi connectivity index (χ2n) is 6.28. The van der Waals surface area contributed by atoms with Crippen molar-refractivity contribution in [1.82, 2.24) is 9.80 Å². The van der Waals surface area contributed by atoms with Gasteiger partial charge in [-0.25, -0.2) is 9.18 Å². The molecule has 1 fully saturated rings. The van der Waals surface area contributed by atoms with Crippen molar-refractivity contribution in [3.63, 3.8) is 0 Å². The fraction of sp³-hybridized carbons (Fsp3) is 0.300. The summed E-state index contributed by atoms with van der Waals surface area (Å²) in [5, 5.41) is 0.498. The molecule has 1 aliphatic heterocycles. The number of piperazine rings is 1. The SMILES string of the molecule is COC(=O)[C@@H](c1ccccc1Cl)N1CCN(C(=O)c2ccc(F)cc2)CC1. The number of esters is 1. The fourth-order valence-corrected chi connectivity index (χ4v) is 3.48. The van der Waals surface area contributed by atoms with E-state index in [4.69, 9.17) is 16.3 Å². The van der Waals surface area contributed by atoms with Crippen molar-refractivity contribution in [1.29, 1.82) is 0 Å². The highest BCUT2D eigenvalue weighted by atomic mass is 35.5. The number of hydrogen-bond donors (Lipinski definition) is 0. The molecule has 27 heavy (non-hydrogen) atoms. The summed E-state index contributed by atoms with van der Waals surface area (Å²) in [6.45, 7) is 1.90. The van der Waals surface area contributed by atoms with Crippen LogP contribution in [0.3, 0.4) is 0 Å². The Kier molecular flexibility index (Phi) is 6.08. The minimum atomic E-state index is -0.619. The van der Waals surface area contributed by atoms with Crippen LogP contribution in [0.2, 0.25) is 5.02 Å². The highest BCUT2D eigenvalue weighted by Crippen LogP contribution is 2.29. The van der Waals surface area contributed by atoms with Gasteiger partial charge in [0.25, 0.3) is 5.91 Å². The molecule has 1 heterocycles. The molecular formula is C20H20ClFN2O3. The number of ether oxygens (including phenoxy) is 1. The second kappa shape index (κ2) is 8.50. The largest absolute Gasteiger partial charge is 0.468 e. The number of carbonyl (C=O) groups is 2. The smallest absolute Gasteiger partial charge is 0.327 e. The van der Waals surface area contributed by atoms with E-state index in [1.165, 1.54) is 31.4 Å². The van der Waals surface area contributed by atoms with Crippen molar-refractivity contribution in [2.75, 3.05) is 33.3 Å². The summed E-state index contributed by atoms with van der Waals surface area (Å²) in [6.07, 6.45) is 0. The van der Waals surface area contributed by atoms with Crippen LogP contribution in [-0.4, -0.2) is 55.0 Å². The second-order valence-corrected chi connectivity index (χ2v) is 6.69. The molecule has 0 saturated carbocycles. The van der Waals surface area contributed by atoms with Gasteiger partial charge in [-0.05, 0) is 35.9 Å². The van der Waals surface area contributed by atoms with Gasteiger partial charge in [0.05, 0.1) is 7.11 Å². The van der Waals surface area contributed by atoms with E-state index in [2.05, 4.69) is 0 Å². The molecule has 0 radical (unpaired) electrons. The van der Waals surface area contributed by atoms with E-state index in [9.17, 15) is 14.0 Å². The molecule has 0 aromatic heterocycles. The summed E-state index contributed by atoms with van der Waals surface area (Å²) in [6, 6.07) is 12.1. The predicted octanol–water partition coefficient (Wildman–Crippen LogP) is 3.15. The fourth-order valence-electron chi connectivity index (χ4n) is 3.24. The third-order valence-corrected chi connectivity index (χ3v) is 5.03. The zero-order valence-corrected chi connectivity index (χ0v) is 15.7. The molecule has 2 aromatic rings. The topological polar surface area (TPSA) is 49.9 Å². The number of amides is 1. The molecule has 0 spiro atoms. The maximum atomic E-state index is 13.0. The molecule has 2 aromatic carbocycles. The number of carbonyl (C=O) groups excluding carboxylic acids is 2. The number of hydrogen-bond acceptors (Lipinski definition) is 4. The highest BCUT2D eigenvalue weighted by molar-refractivity contribution is 6.31. The molecule has 1 saturated heterocycles. The lowest BCUT2D eigenvalue weighted by Crippen LogP contribution is -2.51. The number of methoxy groups -OCH3 is 1. The number of halogens is 2. The van der Waals surface area contributed by atoms with Crippen molar-refractivity contribution in [2.24, 2.45) is 0 Å². The Bertz CT molecular complexity index is 820. The molecule has 5 nitrogen and oxygen atoms in total. The summed E-state index contributed by atoms with van der Waals surface area (Å²) >= 11 is 6.28. The molecule has 3 rings (SSSR count). The minimum absolute atomic E-state index is 0.151. The zero-order chi connectivity index (χ0) is 19.4. The molecule has 1 amide bonds. The van der Waals surface area contributed by atoms with E-state index in [1.807, 2.05) is 11.0 Å². The number of benzene rings is 2. The maximum Gasteiger partial charge on any atom is 0.327 e. The Morgan fingerprint density at radius 1 is 1.04 bits per heavy atom. The lowest BCUT2D eigenvalue weighted by atomic mass is 10.0. The Morgan fingerprint density at radius 3 is 2.26 bits per heavy atom. The Morgan fingerprint density at radius 2 is 1.67 bits per heavy atom. The average Bonchev–Trinajstić information content (AvgIpc) is 2.70. The standard InChI is InChI=1S/C20H20ClFN2O3/c1-27-20(26)18(16-4-2-3-5-17(16)21)23-10-12-24(13-11-23)19(25)14-6-8-15(22)9-7-14/h2-9,18H,10-13H2,1H3/t18-/m1/s1. The monoisotopic (exact) mass is 390 g/mol. The first kappa shape index (κ1) is 19.3. The molecule has 1 aliphatic rings. The predicted molar refractivity (Wildman–Crippen MR) is 100 cm³/mol. The van der Waals surface area contributed by atoms with Crippen LogP contribution >= 0.6 is 11.6 Å². The van der Waals surface area contributed by atoms with Gasteiger partial charge in [0, 0.05) is 36.8 Å². The normalized spacial score (nSPS) is 16.0. The van der Waals surface area contributed by atoms with Gasteiger partial charge in [-0.15, -0.1) is 0 Å². The van der Waals surface area contributed by atoms with E-state index >= 15 is 0 Å². The van der Waals surface area contributed by atoms with Gasteiger partial charge in [0.15, 0.2) is 0 Å². The Hall–Kier alpha value is -2.44. The first-order valence-corrected chi connectivity index (χ1v) is 9.00. The summed E-state index contributed by atoms with van der Waals surface area (Å²) in [7, 11) is 1.35. The molecule has 0 N–H and O–H groups in total. The molecule has 7 heteroatoms. The zero-order valence-electron chi connectivity index (χ0n) is 14.9. The average molecular weight is 391 g/mol. The summed E-state index contributed by atoms with van der Waals surface area (Å²) in [5.41, 5.74) is 1.13. The van der Waals surface area contributed by atoms with E-state index in [0.29, 0.717) is 42.3 Å². The van der Waals surface area contributed by atoms with Crippen LogP contribution in [0.1, 0.15) is 22.0 Å². The van der Waals surface area contributed by atoms with Gasteiger partial charge in [0.1, 0.15) is 11.9 Å². The van der Waals surface area contributed by atoms with E-state index in [1.54, 1.807) is 23.1 Å². The summed E-state index contributed by atoms with van der Waals surface area (Å²) < 4.78 is 18.0. The third-order valence-electron chi connectivity index (χ3n) is 4.68. The Balaban J connectivity index is 1.72. The van der Waals surface area contributed by atoms with Gasteiger partial charge < -0.3 is 9.64 Å². The number of rotatable bonds is 4.